The standard InChI is InChI=1S/C13H14ClN5O/c14-9-1-2-11(16-5-9)13(20)19-4-3-8(7-19)12-10(15)6-17-18-12/h1-2,5-6,8H,3-4,7,15H2,(H,17,18). The molecule has 2 aromatic heterocycles. The van der Waals surface area contributed by atoms with E-state index in [1.165, 1.54) is 6.20 Å². The minimum Gasteiger partial charge on any atom is -0.396 e. The first-order valence-electron chi connectivity index (χ1n) is 6.34. The molecule has 1 unspecified atom stereocenters. The van der Waals surface area contributed by atoms with Crippen LogP contribution in [0.15, 0.2) is 24.5 Å². The summed E-state index contributed by atoms with van der Waals surface area (Å²) < 4.78 is 0. The zero-order valence-corrected chi connectivity index (χ0v) is 11.5. The number of H-pyrrole nitrogens is 1. The fourth-order valence-electron chi connectivity index (χ4n) is 2.48. The number of rotatable bonds is 2. The van der Waals surface area contributed by atoms with E-state index in [1.54, 1.807) is 23.2 Å². The van der Waals surface area contributed by atoms with Crippen LogP contribution in [0.5, 0.6) is 0 Å². The number of aromatic nitrogens is 3. The van der Waals surface area contributed by atoms with Gasteiger partial charge in [0, 0.05) is 25.2 Å². The Kier molecular flexibility index (Phi) is 3.31. The molecular weight excluding hydrogens is 278 g/mol. The number of pyridine rings is 1. The summed E-state index contributed by atoms with van der Waals surface area (Å²) in [4.78, 5) is 18.2. The number of nitrogen functional groups attached to an aromatic ring is 1. The second kappa shape index (κ2) is 5.13. The van der Waals surface area contributed by atoms with Crippen molar-refractivity contribution in [1.29, 1.82) is 0 Å². The second-order valence-corrected chi connectivity index (χ2v) is 5.27. The summed E-state index contributed by atoms with van der Waals surface area (Å²) in [5.41, 5.74) is 7.81. The zero-order chi connectivity index (χ0) is 14.1. The van der Waals surface area contributed by atoms with Gasteiger partial charge >= 0.3 is 0 Å². The summed E-state index contributed by atoms with van der Waals surface area (Å²) in [6.07, 6.45) is 3.95. The monoisotopic (exact) mass is 291 g/mol. The Balaban J connectivity index is 1.72. The summed E-state index contributed by atoms with van der Waals surface area (Å²) in [5.74, 6) is 0.121. The minimum absolute atomic E-state index is 0.0812. The molecule has 1 fully saturated rings. The Morgan fingerprint density at radius 3 is 2.95 bits per heavy atom. The van der Waals surface area contributed by atoms with Gasteiger partial charge in [0.05, 0.1) is 22.6 Å². The molecule has 0 aliphatic carbocycles. The summed E-state index contributed by atoms with van der Waals surface area (Å²) in [6, 6.07) is 3.31. The number of hydrogen-bond acceptors (Lipinski definition) is 4. The van der Waals surface area contributed by atoms with Crippen LogP contribution in [-0.2, 0) is 0 Å². The predicted octanol–water partition coefficient (Wildman–Crippen LogP) is 1.67. The van der Waals surface area contributed by atoms with Crippen molar-refractivity contribution in [3.8, 4) is 0 Å². The molecule has 0 saturated carbocycles. The number of nitrogens with zero attached hydrogens (tertiary/aromatic N) is 3. The lowest BCUT2D eigenvalue weighted by molar-refractivity contribution is 0.0785. The number of nitrogens with two attached hydrogens (primary N) is 1. The van der Waals surface area contributed by atoms with E-state index in [1.807, 2.05) is 0 Å². The average molecular weight is 292 g/mol. The van der Waals surface area contributed by atoms with Crippen molar-refractivity contribution in [2.75, 3.05) is 18.8 Å². The normalized spacial score (nSPS) is 18.4. The highest BCUT2D eigenvalue weighted by atomic mass is 35.5. The Morgan fingerprint density at radius 2 is 2.30 bits per heavy atom. The van der Waals surface area contributed by atoms with Gasteiger partial charge in [-0.25, -0.2) is 4.98 Å². The maximum absolute atomic E-state index is 12.3. The third kappa shape index (κ3) is 2.34. The van der Waals surface area contributed by atoms with Crippen molar-refractivity contribution in [3.63, 3.8) is 0 Å². The molecule has 2 aromatic rings. The number of carbonyl (C=O) groups is 1. The zero-order valence-electron chi connectivity index (χ0n) is 10.7. The average Bonchev–Trinajstić information content (AvgIpc) is 3.07. The van der Waals surface area contributed by atoms with Crippen LogP contribution in [-0.4, -0.2) is 39.1 Å². The first-order chi connectivity index (χ1) is 9.65. The van der Waals surface area contributed by atoms with Gasteiger partial charge in [0.15, 0.2) is 0 Å². The van der Waals surface area contributed by atoms with Crippen molar-refractivity contribution < 1.29 is 4.79 Å². The molecule has 20 heavy (non-hydrogen) atoms. The van der Waals surface area contributed by atoms with E-state index in [9.17, 15) is 4.79 Å². The third-order valence-corrected chi connectivity index (χ3v) is 3.75. The van der Waals surface area contributed by atoms with Gasteiger partial charge in [-0.05, 0) is 18.6 Å². The Morgan fingerprint density at radius 1 is 1.45 bits per heavy atom. The van der Waals surface area contributed by atoms with Gasteiger partial charge in [0.1, 0.15) is 5.69 Å². The van der Waals surface area contributed by atoms with Crippen molar-refractivity contribution in [1.82, 2.24) is 20.1 Å². The molecule has 0 aromatic carbocycles. The number of likely N-dealkylation sites (tertiary alicyclic amines) is 1. The number of carbonyl (C=O) groups excluding carboxylic acids is 1. The van der Waals surface area contributed by atoms with Crippen LogP contribution >= 0.6 is 11.6 Å². The highest BCUT2D eigenvalue weighted by molar-refractivity contribution is 6.30. The smallest absolute Gasteiger partial charge is 0.272 e. The number of halogens is 1. The number of hydrogen-bond donors (Lipinski definition) is 2. The van der Waals surface area contributed by atoms with Crippen LogP contribution in [0.25, 0.3) is 0 Å². The van der Waals surface area contributed by atoms with Gasteiger partial charge < -0.3 is 10.6 Å². The third-order valence-electron chi connectivity index (χ3n) is 3.53. The molecule has 0 radical (unpaired) electrons. The molecule has 104 valence electrons. The maximum atomic E-state index is 12.3. The molecule has 1 amide bonds. The van der Waals surface area contributed by atoms with E-state index < -0.39 is 0 Å². The van der Waals surface area contributed by atoms with Crippen LogP contribution in [0, 0.1) is 0 Å². The second-order valence-electron chi connectivity index (χ2n) is 4.84. The molecule has 1 saturated heterocycles. The van der Waals surface area contributed by atoms with E-state index in [4.69, 9.17) is 17.3 Å². The molecule has 0 spiro atoms. The SMILES string of the molecule is Nc1cn[nH]c1C1CCN(C(=O)c2ccc(Cl)cn2)C1. The van der Waals surface area contributed by atoms with Crippen LogP contribution in [0.3, 0.4) is 0 Å². The highest BCUT2D eigenvalue weighted by Crippen LogP contribution is 2.29. The van der Waals surface area contributed by atoms with E-state index >= 15 is 0 Å². The van der Waals surface area contributed by atoms with Gasteiger partial charge in [-0.2, -0.15) is 5.10 Å². The first-order valence-corrected chi connectivity index (χ1v) is 6.72. The van der Waals surface area contributed by atoms with Crippen molar-refractivity contribution in [3.05, 3.63) is 40.9 Å². The lowest BCUT2D eigenvalue weighted by Crippen LogP contribution is -2.29. The Bertz CT molecular complexity index is 624. The minimum atomic E-state index is -0.0812. The molecule has 1 aliphatic heterocycles. The van der Waals surface area contributed by atoms with E-state index in [-0.39, 0.29) is 11.8 Å². The molecular formula is C13H14ClN5O. The highest BCUT2D eigenvalue weighted by Gasteiger charge is 2.30. The van der Waals surface area contributed by atoms with Crippen molar-refractivity contribution >= 4 is 23.2 Å². The van der Waals surface area contributed by atoms with Crippen LogP contribution in [0.4, 0.5) is 5.69 Å². The van der Waals surface area contributed by atoms with Gasteiger partial charge in [-0.15, -0.1) is 0 Å². The molecule has 6 nitrogen and oxygen atoms in total. The fraction of sp³-hybridized carbons (Fsp3) is 0.308. The van der Waals surface area contributed by atoms with Gasteiger partial charge in [-0.1, -0.05) is 11.6 Å². The summed E-state index contributed by atoms with van der Waals surface area (Å²) in [6.45, 7) is 1.31. The topological polar surface area (TPSA) is 87.9 Å². The summed E-state index contributed by atoms with van der Waals surface area (Å²) in [5, 5.41) is 7.35. The van der Waals surface area contributed by atoms with Gasteiger partial charge in [0.2, 0.25) is 0 Å². The maximum Gasteiger partial charge on any atom is 0.272 e. The number of anilines is 1. The quantitative estimate of drug-likeness (QED) is 0.881. The van der Waals surface area contributed by atoms with Gasteiger partial charge in [-0.3, -0.25) is 9.89 Å². The lowest BCUT2D eigenvalue weighted by Gasteiger charge is -2.15. The Labute approximate surface area is 120 Å². The molecule has 1 aliphatic rings. The molecule has 3 rings (SSSR count). The van der Waals surface area contributed by atoms with E-state index in [0.29, 0.717) is 29.5 Å². The van der Waals surface area contributed by atoms with E-state index in [2.05, 4.69) is 15.2 Å². The van der Waals surface area contributed by atoms with E-state index in [0.717, 1.165) is 12.1 Å². The Hall–Kier alpha value is -2.08. The van der Waals surface area contributed by atoms with Gasteiger partial charge in [0.25, 0.3) is 5.91 Å². The molecule has 3 N–H and O–H groups in total. The number of amides is 1. The molecule has 7 heteroatoms. The van der Waals surface area contributed by atoms with Crippen LogP contribution < -0.4 is 5.73 Å². The molecule has 3 heterocycles. The van der Waals surface area contributed by atoms with Crippen molar-refractivity contribution in [2.24, 2.45) is 0 Å². The summed E-state index contributed by atoms with van der Waals surface area (Å²) >= 11 is 5.77. The molecule has 0 bridgehead atoms. The van der Waals surface area contributed by atoms with Crippen molar-refractivity contribution in [2.45, 2.75) is 12.3 Å². The predicted molar refractivity (Wildman–Crippen MR) is 75.5 cm³/mol. The number of nitrogens with one attached hydrogen (secondary N) is 1. The fourth-order valence-corrected chi connectivity index (χ4v) is 2.59. The van der Waals surface area contributed by atoms with Crippen LogP contribution in [0.1, 0.15) is 28.5 Å². The summed E-state index contributed by atoms with van der Waals surface area (Å²) in [7, 11) is 0. The largest absolute Gasteiger partial charge is 0.396 e. The number of aromatic amines is 1. The first kappa shape index (κ1) is 12.9. The molecule has 1 atom stereocenters. The van der Waals surface area contributed by atoms with Crippen LogP contribution in [0.2, 0.25) is 5.02 Å². The lowest BCUT2D eigenvalue weighted by atomic mass is 10.0.